The lowest BCUT2D eigenvalue weighted by molar-refractivity contribution is 0.564. The third-order valence-corrected chi connectivity index (χ3v) is 2.77. The van der Waals surface area contributed by atoms with Gasteiger partial charge in [-0.1, -0.05) is 38.1 Å². The molecule has 1 aromatic rings. The van der Waals surface area contributed by atoms with Crippen LogP contribution < -0.4 is 5.32 Å². The summed E-state index contributed by atoms with van der Waals surface area (Å²) in [5, 5.41) is 11.1. The first-order valence-electron chi connectivity index (χ1n) is 6.04. The Kier molecular flexibility index (Phi) is 5.20. The zero-order valence-electron chi connectivity index (χ0n) is 10.5. The molecule has 0 heterocycles. The van der Waals surface area contributed by atoms with E-state index < -0.39 is 0 Å². The van der Waals surface area contributed by atoms with Crippen LogP contribution in [-0.2, 0) is 6.42 Å². The van der Waals surface area contributed by atoms with E-state index in [-0.39, 0.29) is 0 Å². The monoisotopic (exact) mass is 218 g/mol. The predicted molar refractivity (Wildman–Crippen MR) is 70.3 cm³/mol. The summed E-state index contributed by atoms with van der Waals surface area (Å²) in [6.45, 7) is 7.11. The maximum absolute atomic E-state index is 7.64. The molecule has 0 radical (unpaired) electrons. The second-order valence-electron chi connectivity index (χ2n) is 4.15. The largest absolute Gasteiger partial charge is 0.310 e. The summed E-state index contributed by atoms with van der Waals surface area (Å²) in [5.41, 5.74) is 3.46. The van der Waals surface area contributed by atoms with Crippen LogP contribution in [0.2, 0.25) is 0 Å². The fourth-order valence-electron chi connectivity index (χ4n) is 2.04. The molecule has 0 aromatic heterocycles. The molecule has 0 aliphatic heterocycles. The summed E-state index contributed by atoms with van der Waals surface area (Å²) >= 11 is 0. The molecule has 16 heavy (non-hydrogen) atoms. The summed E-state index contributed by atoms with van der Waals surface area (Å²) < 4.78 is 0. The molecule has 1 aromatic carbocycles. The molecule has 0 fully saturated rings. The zero-order chi connectivity index (χ0) is 12.0. The van der Waals surface area contributed by atoms with Gasteiger partial charge in [-0.15, -0.1) is 0 Å². The van der Waals surface area contributed by atoms with Gasteiger partial charge in [0.05, 0.1) is 0 Å². The zero-order valence-corrected chi connectivity index (χ0v) is 10.5. The van der Waals surface area contributed by atoms with Gasteiger partial charge in [0.15, 0.2) is 0 Å². The molecule has 88 valence electrons. The molecule has 0 bridgehead atoms. The van der Waals surface area contributed by atoms with Gasteiger partial charge in [0.2, 0.25) is 0 Å². The molecule has 0 spiro atoms. The van der Waals surface area contributed by atoms with E-state index in [9.17, 15) is 0 Å². The smallest absolute Gasteiger partial charge is 0.0375 e. The summed E-state index contributed by atoms with van der Waals surface area (Å²) in [7, 11) is 0. The Balaban J connectivity index is 2.94. The first-order chi connectivity index (χ1) is 7.69. The minimum Gasteiger partial charge on any atom is -0.310 e. The first-order valence-corrected chi connectivity index (χ1v) is 6.04. The first kappa shape index (κ1) is 12.9. The highest BCUT2D eigenvalue weighted by Gasteiger charge is 2.13. The number of nitrogens with one attached hydrogen (secondary N) is 2. The van der Waals surface area contributed by atoms with Crippen molar-refractivity contribution in [2.45, 2.75) is 39.7 Å². The van der Waals surface area contributed by atoms with Crippen molar-refractivity contribution in [3.63, 3.8) is 0 Å². The normalized spacial score (nSPS) is 12.4. The van der Waals surface area contributed by atoms with Crippen LogP contribution in [0.15, 0.2) is 24.3 Å². The molecule has 0 aliphatic rings. The van der Waals surface area contributed by atoms with Crippen LogP contribution in [-0.4, -0.2) is 12.3 Å². The van der Waals surface area contributed by atoms with Gasteiger partial charge in [0, 0.05) is 18.2 Å². The predicted octanol–water partition coefficient (Wildman–Crippen LogP) is 3.33. The Hall–Kier alpha value is -1.15. The second-order valence-corrected chi connectivity index (χ2v) is 4.15. The van der Waals surface area contributed by atoms with Crippen molar-refractivity contribution in [2.24, 2.45) is 0 Å². The minimum atomic E-state index is 0.290. The molecule has 0 amide bonds. The van der Waals surface area contributed by atoms with Gasteiger partial charge < -0.3 is 10.7 Å². The summed E-state index contributed by atoms with van der Waals surface area (Å²) in [6.07, 6.45) is 1.85. The molecule has 0 saturated heterocycles. The van der Waals surface area contributed by atoms with E-state index in [1.54, 1.807) is 0 Å². The summed E-state index contributed by atoms with van der Waals surface area (Å²) in [5.74, 6) is 0. The lowest BCUT2D eigenvalue weighted by atomic mass is 9.95. The molecule has 2 nitrogen and oxygen atoms in total. The van der Waals surface area contributed by atoms with Gasteiger partial charge in [-0.3, -0.25) is 0 Å². The van der Waals surface area contributed by atoms with E-state index in [1.165, 1.54) is 11.1 Å². The van der Waals surface area contributed by atoms with Crippen molar-refractivity contribution in [2.75, 3.05) is 6.54 Å². The summed E-state index contributed by atoms with van der Waals surface area (Å²) in [4.78, 5) is 0. The molecule has 2 N–H and O–H groups in total. The molecule has 0 unspecified atom stereocenters. The standard InChI is InChI=1S/C14H22N2/c1-4-12-8-6-7-9-13(12)14(16-5-2)10-11(3)15/h6-9,14-16H,4-5,10H2,1-3H3/t14-/m0/s1. The van der Waals surface area contributed by atoms with Gasteiger partial charge in [-0.05, 0) is 31.0 Å². The topological polar surface area (TPSA) is 35.9 Å². The SMILES string of the molecule is CCN[C@@H](CC(C)=N)c1ccccc1CC. The van der Waals surface area contributed by atoms with Gasteiger partial charge in [0.25, 0.3) is 0 Å². The summed E-state index contributed by atoms with van der Waals surface area (Å²) in [6, 6.07) is 8.81. The van der Waals surface area contributed by atoms with E-state index in [4.69, 9.17) is 5.41 Å². The van der Waals surface area contributed by atoms with Gasteiger partial charge in [-0.25, -0.2) is 0 Å². The highest BCUT2D eigenvalue weighted by atomic mass is 14.9. The van der Waals surface area contributed by atoms with Crippen molar-refractivity contribution < 1.29 is 0 Å². The third kappa shape index (κ3) is 3.46. The van der Waals surface area contributed by atoms with Crippen molar-refractivity contribution in [1.29, 1.82) is 5.41 Å². The molecular weight excluding hydrogens is 196 g/mol. The average Bonchev–Trinajstić information content (AvgIpc) is 2.28. The Morgan fingerprint density at radius 2 is 2.00 bits per heavy atom. The minimum absolute atomic E-state index is 0.290. The van der Waals surface area contributed by atoms with Crippen molar-refractivity contribution in [3.8, 4) is 0 Å². The number of aryl methyl sites for hydroxylation is 1. The fourth-order valence-corrected chi connectivity index (χ4v) is 2.04. The number of hydrogen-bond acceptors (Lipinski definition) is 2. The van der Waals surface area contributed by atoms with E-state index in [1.807, 2.05) is 6.92 Å². The van der Waals surface area contributed by atoms with Crippen LogP contribution in [0.3, 0.4) is 0 Å². The number of benzene rings is 1. The third-order valence-electron chi connectivity index (χ3n) is 2.77. The maximum atomic E-state index is 7.64. The Morgan fingerprint density at radius 3 is 2.56 bits per heavy atom. The highest BCUT2D eigenvalue weighted by Crippen LogP contribution is 2.21. The number of hydrogen-bond donors (Lipinski definition) is 2. The second kappa shape index (κ2) is 6.44. The lowest BCUT2D eigenvalue weighted by Crippen LogP contribution is -2.23. The molecule has 0 saturated carbocycles. The van der Waals surface area contributed by atoms with Crippen LogP contribution >= 0.6 is 0 Å². The van der Waals surface area contributed by atoms with Crippen LogP contribution in [0.1, 0.15) is 44.4 Å². The van der Waals surface area contributed by atoms with Crippen LogP contribution in [0.5, 0.6) is 0 Å². The quantitative estimate of drug-likeness (QED) is 0.706. The van der Waals surface area contributed by atoms with Gasteiger partial charge >= 0.3 is 0 Å². The lowest BCUT2D eigenvalue weighted by Gasteiger charge is -2.20. The Labute approximate surface area is 98.6 Å². The molecule has 2 heteroatoms. The fraction of sp³-hybridized carbons (Fsp3) is 0.500. The highest BCUT2D eigenvalue weighted by molar-refractivity contribution is 5.79. The maximum Gasteiger partial charge on any atom is 0.0375 e. The van der Waals surface area contributed by atoms with E-state index in [2.05, 4.69) is 43.4 Å². The molecule has 1 rings (SSSR count). The van der Waals surface area contributed by atoms with Crippen molar-refractivity contribution in [3.05, 3.63) is 35.4 Å². The molecule has 1 atom stereocenters. The molecule has 0 aliphatic carbocycles. The van der Waals surface area contributed by atoms with E-state index >= 15 is 0 Å². The molecular formula is C14H22N2. The van der Waals surface area contributed by atoms with Gasteiger partial charge in [-0.2, -0.15) is 0 Å². The van der Waals surface area contributed by atoms with Crippen LogP contribution in [0.4, 0.5) is 0 Å². The Morgan fingerprint density at radius 1 is 1.31 bits per heavy atom. The van der Waals surface area contributed by atoms with Crippen LogP contribution in [0.25, 0.3) is 0 Å². The van der Waals surface area contributed by atoms with Crippen LogP contribution in [0, 0.1) is 5.41 Å². The Bertz CT molecular complexity index is 344. The average molecular weight is 218 g/mol. The van der Waals surface area contributed by atoms with Crippen molar-refractivity contribution in [1.82, 2.24) is 5.32 Å². The van der Waals surface area contributed by atoms with Crippen molar-refractivity contribution >= 4 is 5.71 Å². The van der Waals surface area contributed by atoms with E-state index in [0.717, 1.165) is 25.1 Å². The van der Waals surface area contributed by atoms with Gasteiger partial charge in [0.1, 0.15) is 0 Å². The van der Waals surface area contributed by atoms with E-state index in [0.29, 0.717) is 6.04 Å². The number of rotatable bonds is 6.